The molecule has 1 N–H and O–H groups in total. The second-order valence-corrected chi connectivity index (χ2v) is 7.18. The zero-order valence-corrected chi connectivity index (χ0v) is 15.6. The molecule has 5 heteroatoms. The van der Waals surface area contributed by atoms with Crippen LogP contribution in [0.3, 0.4) is 0 Å². The molecule has 1 aromatic heterocycles. The number of rotatable bonds is 4. The van der Waals surface area contributed by atoms with Crippen molar-refractivity contribution in [3.05, 3.63) is 54.4 Å². The number of ether oxygens (including phenoxy) is 1. The van der Waals surface area contributed by atoms with Gasteiger partial charge in [-0.25, -0.2) is 4.98 Å². The first-order valence-corrected chi connectivity index (χ1v) is 9.67. The zero-order chi connectivity index (χ0) is 18.6. The molecule has 0 aliphatic heterocycles. The summed E-state index contributed by atoms with van der Waals surface area (Å²) in [5.74, 6) is 0.823. The second kappa shape index (κ2) is 7.82. The molecule has 0 unspecified atom stereocenters. The Kier molecular flexibility index (Phi) is 5.10. The molecule has 4 rings (SSSR count). The molecule has 1 aliphatic carbocycles. The summed E-state index contributed by atoms with van der Waals surface area (Å²) >= 11 is 0. The van der Waals surface area contributed by atoms with Gasteiger partial charge in [0.05, 0.1) is 18.1 Å². The number of carbonyl (C=O) groups excluding carboxylic acids is 1. The highest BCUT2D eigenvalue weighted by Crippen LogP contribution is 2.22. The lowest BCUT2D eigenvalue weighted by Gasteiger charge is -2.16. The third kappa shape index (κ3) is 3.82. The van der Waals surface area contributed by atoms with E-state index in [1.165, 1.54) is 25.7 Å². The van der Waals surface area contributed by atoms with Crippen molar-refractivity contribution in [2.75, 3.05) is 7.11 Å². The first-order chi connectivity index (χ1) is 13.2. The molecule has 1 saturated carbocycles. The summed E-state index contributed by atoms with van der Waals surface area (Å²) in [6, 6.07) is 13.9. The van der Waals surface area contributed by atoms with Crippen LogP contribution in [-0.4, -0.2) is 28.6 Å². The molecule has 1 fully saturated rings. The fourth-order valence-corrected chi connectivity index (χ4v) is 3.79. The second-order valence-electron chi connectivity index (χ2n) is 7.18. The number of hydrogen-bond acceptors (Lipinski definition) is 3. The molecule has 5 nitrogen and oxygen atoms in total. The molecule has 3 aromatic rings. The predicted molar refractivity (Wildman–Crippen MR) is 107 cm³/mol. The van der Waals surface area contributed by atoms with Crippen molar-refractivity contribution < 1.29 is 9.53 Å². The molecular formula is C22H25N3O2. The van der Waals surface area contributed by atoms with E-state index in [9.17, 15) is 4.79 Å². The molecule has 1 heterocycles. The van der Waals surface area contributed by atoms with Crippen LogP contribution in [0.1, 0.15) is 48.9 Å². The Labute approximate surface area is 159 Å². The Bertz CT molecular complexity index is 922. The molecule has 27 heavy (non-hydrogen) atoms. The van der Waals surface area contributed by atoms with Gasteiger partial charge in [0.25, 0.3) is 5.91 Å². The number of nitrogens with zero attached hydrogens (tertiary/aromatic N) is 2. The number of fused-ring (bicyclic) bond motifs is 1. The summed E-state index contributed by atoms with van der Waals surface area (Å²) in [7, 11) is 1.66. The van der Waals surface area contributed by atoms with Gasteiger partial charge in [0.1, 0.15) is 12.1 Å². The summed E-state index contributed by atoms with van der Waals surface area (Å²) in [4.78, 5) is 17.2. The molecule has 0 atom stereocenters. The number of hydrogen-bond donors (Lipinski definition) is 1. The molecule has 0 bridgehead atoms. The van der Waals surface area contributed by atoms with Crippen molar-refractivity contribution in [3.63, 3.8) is 0 Å². The van der Waals surface area contributed by atoms with Crippen molar-refractivity contribution in [1.29, 1.82) is 0 Å². The number of methoxy groups -OCH3 is 1. The third-order valence-corrected chi connectivity index (χ3v) is 5.35. The number of benzene rings is 2. The van der Waals surface area contributed by atoms with Crippen LogP contribution in [0.15, 0.2) is 48.8 Å². The first kappa shape index (κ1) is 17.6. The van der Waals surface area contributed by atoms with Crippen molar-refractivity contribution >= 4 is 16.9 Å². The highest BCUT2D eigenvalue weighted by atomic mass is 16.5. The SMILES string of the molecule is COc1ccc(-n2cnc3cc(C(=O)NC4CCCCCC4)ccc32)cc1. The summed E-state index contributed by atoms with van der Waals surface area (Å²) in [5, 5.41) is 3.20. The van der Waals surface area contributed by atoms with Crippen LogP contribution in [0.4, 0.5) is 0 Å². The van der Waals surface area contributed by atoms with Crippen molar-refractivity contribution in [2.24, 2.45) is 0 Å². The summed E-state index contributed by atoms with van der Waals surface area (Å²) in [5.41, 5.74) is 3.48. The van der Waals surface area contributed by atoms with Gasteiger partial charge in [-0.15, -0.1) is 0 Å². The Balaban J connectivity index is 1.55. The third-order valence-electron chi connectivity index (χ3n) is 5.35. The molecule has 1 aliphatic rings. The Hall–Kier alpha value is -2.82. The van der Waals surface area contributed by atoms with Gasteiger partial charge in [0, 0.05) is 17.3 Å². The quantitative estimate of drug-likeness (QED) is 0.695. The van der Waals surface area contributed by atoms with E-state index in [0.29, 0.717) is 11.6 Å². The number of carbonyl (C=O) groups is 1. The van der Waals surface area contributed by atoms with Gasteiger partial charge >= 0.3 is 0 Å². The summed E-state index contributed by atoms with van der Waals surface area (Å²) in [6.07, 6.45) is 8.92. The Morgan fingerprint density at radius 3 is 2.52 bits per heavy atom. The molecule has 0 saturated heterocycles. The molecule has 2 aromatic carbocycles. The summed E-state index contributed by atoms with van der Waals surface area (Å²) < 4.78 is 7.23. The van der Waals surface area contributed by atoms with E-state index in [1.54, 1.807) is 13.4 Å². The van der Waals surface area contributed by atoms with Gasteiger partial charge < -0.3 is 10.1 Å². The lowest BCUT2D eigenvalue weighted by Crippen LogP contribution is -2.34. The van der Waals surface area contributed by atoms with Gasteiger partial charge in [-0.2, -0.15) is 0 Å². The monoisotopic (exact) mass is 363 g/mol. The average Bonchev–Trinajstić information content (AvgIpc) is 2.96. The molecule has 0 spiro atoms. The van der Waals surface area contributed by atoms with Crippen molar-refractivity contribution in [2.45, 2.75) is 44.6 Å². The maximum Gasteiger partial charge on any atom is 0.251 e. The lowest BCUT2D eigenvalue weighted by molar-refractivity contribution is 0.0933. The van der Waals surface area contributed by atoms with Gasteiger partial charge in [-0.3, -0.25) is 9.36 Å². The molecule has 1 amide bonds. The zero-order valence-electron chi connectivity index (χ0n) is 15.6. The van der Waals surface area contributed by atoms with Crippen LogP contribution in [0.2, 0.25) is 0 Å². The van der Waals surface area contributed by atoms with E-state index in [-0.39, 0.29) is 5.91 Å². The largest absolute Gasteiger partial charge is 0.497 e. The van der Waals surface area contributed by atoms with Crippen LogP contribution in [0, 0.1) is 0 Å². The van der Waals surface area contributed by atoms with E-state index in [0.717, 1.165) is 35.3 Å². The van der Waals surface area contributed by atoms with Crippen LogP contribution in [-0.2, 0) is 0 Å². The predicted octanol–water partition coefficient (Wildman–Crippen LogP) is 4.49. The first-order valence-electron chi connectivity index (χ1n) is 9.67. The van der Waals surface area contributed by atoms with Gasteiger partial charge in [-0.05, 0) is 55.3 Å². The maximum absolute atomic E-state index is 12.7. The number of nitrogens with one attached hydrogen (secondary N) is 1. The minimum Gasteiger partial charge on any atom is -0.497 e. The highest BCUT2D eigenvalue weighted by Gasteiger charge is 2.16. The van der Waals surface area contributed by atoms with Crippen LogP contribution in [0.25, 0.3) is 16.7 Å². The fourth-order valence-electron chi connectivity index (χ4n) is 3.79. The standard InChI is InChI=1S/C22H25N3O2/c1-27-19-11-9-18(10-12-19)25-15-23-20-14-16(8-13-21(20)25)22(26)24-17-6-4-2-3-5-7-17/h8-15,17H,2-7H2,1H3,(H,24,26). The van der Waals surface area contributed by atoms with E-state index >= 15 is 0 Å². The average molecular weight is 363 g/mol. The summed E-state index contributed by atoms with van der Waals surface area (Å²) in [6.45, 7) is 0. The molecule has 0 radical (unpaired) electrons. The number of aromatic nitrogens is 2. The topological polar surface area (TPSA) is 56.2 Å². The van der Waals surface area contributed by atoms with Crippen molar-refractivity contribution in [1.82, 2.24) is 14.9 Å². The highest BCUT2D eigenvalue weighted by molar-refractivity contribution is 5.97. The minimum absolute atomic E-state index is 0.00259. The smallest absolute Gasteiger partial charge is 0.251 e. The minimum atomic E-state index is 0.00259. The number of amides is 1. The lowest BCUT2D eigenvalue weighted by atomic mass is 10.1. The Morgan fingerprint density at radius 1 is 1.07 bits per heavy atom. The van der Waals surface area contributed by atoms with Gasteiger partial charge in [-0.1, -0.05) is 25.7 Å². The Morgan fingerprint density at radius 2 is 1.81 bits per heavy atom. The van der Waals surface area contributed by atoms with E-state index in [4.69, 9.17) is 4.74 Å². The van der Waals surface area contributed by atoms with Crippen molar-refractivity contribution in [3.8, 4) is 11.4 Å². The van der Waals surface area contributed by atoms with Gasteiger partial charge in [0.2, 0.25) is 0 Å². The van der Waals surface area contributed by atoms with E-state index < -0.39 is 0 Å². The van der Waals surface area contributed by atoms with Crippen LogP contribution < -0.4 is 10.1 Å². The van der Waals surface area contributed by atoms with E-state index in [1.807, 2.05) is 47.0 Å². The van der Waals surface area contributed by atoms with Gasteiger partial charge in [0.15, 0.2) is 0 Å². The maximum atomic E-state index is 12.7. The van der Waals surface area contributed by atoms with E-state index in [2.05, 4.69) is 10.3 Å². The molecule has 140 valence electrons. The molecular weight excluding hydrogens is 338 g/mol. The van der Waals surface area contributed by atoms with Crippen LogP contribution in [0.5, 0.6) is 5.75 Å². The fraction of sp³-hybridized carbons (Fsp3) is 0.364. The van der Waals surface area contributed by atoms with Crippen LogP contribution >= 0.6 is 0 Å². The normalized spacial score (nSPS) is 15.4. The number of imidazole rings is 1.